The van der Waals surface area contributed by atoms with Crippen molar-refractivity contribution in [2.45, 2.75) is 51.0 Å². The van der Waals surface area contributed by atoms with Crippen molar-refractivity contribution in [2.75, 3.05) is 13.2 Å². The Morgan fingerprint density at radius 1 is 1.22 bits per heavy atom. The molecule has 144 valence electrons. The van der Waals surface area contributed by atoms with Crippen LogP contribution in [-0.2, 0) is 11.2 Å². The van der Waals surface area contributed by atoms with Gasteiger partial charge in [-0.2, -0.15) is 5.10 Å². The monoisotopic (exact) mass is 371 g/mol. The highest BCUT2D eigenvalue weighted by Gasteiger charge is 2.36. The molecule has 2 heterocycles. The Bertz CT molecular complexity index is 785. The first-order chi connectivity index (χ1) is 13.2. The number of amides is 1. The fraction of sp³-hybridized carbons (Fsp3) is 0.524. The van der Waals surface area contributed by atoms with Crippen LogP contribution in [0.3, 0.4) is 0 Å². The van der Waals surface area contributed by atoms with Gasteiger partial charge in [-0.15, -0.1) is 0 Å². The summed E-state index contributed by atoms with van der Waals surface area (Å²) in [5.74, 6) is 0.751. The molecule has 2 aromatic rings. The van der Waals surface area contributed by atoms with E-state index in [9.17, 15) is 9.18 Å². The van der Waals surface area contributed by atoms with Gasteiger partial charge in [-0.1, -0.05) is 18.9 Å². The summed E-state index contributed by atoms with van der Waals surface area (Å²) in [4.78, 5) is 14.9. The van der Waals surface area contributed by atoms with Crippen molar-refractivity contribution < 1.29 is 13.9 Å². The molecule has 2 aliphatic rings. The molecular formula is C21H26FN3O2. The molecule has 1 aliphatic heterocycles. The molecule has 1 atom stereocenters. The number of rotatable bonds is 6. The SMILES string of the molecule is O=C(C1CCCC1)N1CCC[C@@H]1c1cc(CCOc2cccc(F)c2)[nH]n1. The van der Waals surface area contributed by atoms with Gasteiger partial charge < -0.3 is 9.64 Å². The third-order valence-corrected chi connectivity index (χ3v) is 5.67. The van der Waals surface area contributed by atoms with Crippen LogP contribution in [0.5, 0.6) is 5.75 Å². The lowest BCUT2D eigenvalue weighted by molar-refractivity contribution is -0.136. The maximum Gasteiger partial charge on any atom is 0.226 e. The van der Waals surface area contributed by atoms with Crippen molar-refractivity contribution in [1.29, 1.82) is 0 Å². The molecule has 1 aliphatic carbocycles. The van der Waals surface area contributed by atoms with Crippen molar-refractivity contribution in [2.24, 2.45) is 5.92 Å². The lowest BCUT2D eigenvalue weighted by atomic mass is 10.0. The molecule has 0 bridgehead atoms. The second kappa shape index (κ2) is 8.11. The highest BCUT2D eigenvalue weighted by Crippen LogP contribution is 2.35. The Hall–Kier alpha value is -2.37. The van der Waals surface area contributed by atoms with E-state index in [1.165, 1.54) is 25.0 Å². The number of hydrogen-bond donors (Lipinski definition) is 1. The summed E-state index contributed by atoms with van der Waals surface area (Å²) in [7, 11) is 0. The predicted molar refractivity (Wildman–Crippen MR) is 99.8 cm³/mol. The van der Waals surface area contributed by atoms with E-state index in [-0.39, 0.29) is 17.8 Å². The van der Waals surface area contributed by atoms with E-state index in [1.54, 1.807) is 12.1 Å². The van der Waals surface area contributed by atoms with Gasteiger partial charge in [-0.25, -0.2) is 4.39 Å². The molecular weight excluding hydrogens is 345 g/mol. The second-order valence-electron chi connectivity index (χ2n) is 7.54. The van der Waals surface area contributed by atoms with Gasteiger partial charge in [-0.3, -0.25) is 9.89 Å². The molecule has 6 heteroatoms. The van der Waals surface area contributed by atoms with E-state index in [1.807, 2.05) is 11.0 Å². The van der Waals surface area contributed by atoms with Crippen LogP contribution in [-0.4, -0.2) is 34.2 Å². The number of likely N-dealkylation sites (tertiary alicyclic amines) is 1. The first kappa shape index (κ1) is 18.0. The molecule has 1 saturated carbocycles. The summed E-state index contributed by atoms with van der Waals surface area (Å²) < 4.78 is 18.8. The Labute approximate surface area is 158 Å². The molecule has 27 heavy (non-hydrogen) atoms. The summed E-state index contributed by atoms with van der Waals surface area (Å²) in [6.07, 6.45) is 7.08. The number of nitrogens with one attached hydrogen (secondary N) is 1. The van der Waals surface area contributed by atoms with E-state index in [4.69, 9.17) is 4.74 Å². The van der Waals surface area contributed by atoms with Gasteiger partial charge in [-0.05, 0) is 43.9 Å². The van der Waals surface area contributed by atoms with Gasteiger partial charge in [0.25, 0.3) is 0 Å². The zero-order valence-corrected chi connectivity index (χ0v) is 15.5. The van der Waals surface area contributed by atoms with E-state index in [0.29, 0.717) is 24.7 Å². The molecule has 0 radical (unpaired) electrons. The molecule has 5 nitrogen and oxygen atoms in total. The van der Waals surface area contributed by atoms with Gasteiger partial charge in [0, 0.05) is 30.6 Å². The Kier molecular flexibility index (Phi) is 5.41. The highest BCUT2D eigenvalue weighted by molar-refractivity contribution is 5.79. The Morgan fingerprint density at radius 2 is 2.07 bits per heavy atom. The van der Waals surface area contributed by atoms with E-state index < -0.39 is 0 Å². The van der Waals surface area contributed by atoms with Crippen LogP contribution in [0.25, 0.3) is 0 Å². The molecule has 1 aromatic carbocycles. The van der Waals surface area contributed by atoms with Gasteiger partial charge in [0.15, 0.2) is 0 Å². The highest BCUT2D eigenvalue weighted by atomic mass is 19.1. The number of aromatic amines is 1. The van der Waals surface area contributed by atoms with Crippen molar-refractivity contribution in [3.8, 4) is 5.75 Å². The first-order valence-corrected chi connectivity index (χ1v) is 9.94. The van der Waals surface area contributed by atoms with Gasteiger partial charge in [0.1, 0.15) is 11.6 Å². The summed E-state index contributed by atoms with van der Waals surface area (Å²) in [6, 6.07) is 8.28. The minimum Gasteiger partial charge on any atom is -0.493 e. The predicted octanol–water partition coefficient (Wildman–Crippen LogP) is 4.02. The number of benzene rings is 1. The number of halogens is 1. The van der Waals surface area contributed by atoms with Gasteiger partial charge in [0.2, 0.25) is 5.91 Å². The third-order valence-electron chi connectivity index (χ3n) is 5.67. The third kappa shape index (κ3) is 4.15. The maximum atomic E-state index is 13.2. The lowest BCUT2D eigenvalue weighted by Crippen LogP contribution is -2.35. The number of nitrogens with zero attached hydrogens (tertiary/aromatic N) is 2. The lowest BCUT2D eigenvalue weighted by Gasteiger charge is -2.26. The van der Waals surface area contributed by atoms with Crippen molar-refractivity contribution in [3.63, 3.8) is 0 Å². The zero-order valence-electron chi connectivity index (χ0n) is 15.5. The molecule has 1 amide bonds. The van der Waals surface area contributed by atoms with E-state index in [0.717, 1.165) is 43.6 Å². The number of carbonyl (C=O) groups is 1. The Balaban J connectivity index is 1.34. The topological polar surface area (TPSA) is 58.2 Å². The second-order valence-corrected chi connectivity index (χ2v) is 7.54. The average Bonchev–Trinajstić information content (AvgIpc) is 3.42. The van der Waals surface area contributed by atoms with Crippen LogP contribution in [0.15, 0.2) is 30.3 Å². The number of carbonyl (C=O) groups excluding carboxylic acids is 1. The van der Waals surface area contributed by atoms with Crippen LogP contribution in [0.4, 0.5) is 4.39 Å². The van der Waals surface area contributed by atoms with Crippen molar-refractivity contribution in [1.82, 2.24) is 15.1 Å². The van der Waals surface area contributed by atoms with Gasteiger partial charge >= 0.3 is 0 Å². The molecule has 1 N–H and O–H groups in total. The molecule has 1 saturated heterocycles. The van der Waals surface area contributed by atoms with Crippen LogP contribution >= 0.6 is 0 Å². The van der Waals surface area contributed by atoms with E-state index in [2.05, 4.69) is 10.2 Å². The number of H-pyrrole nitrogens is 1. The van der Waals surface area contributed by atoms with Gasteiger partial charge in [0.05, 0.1) is 18.3 Å². The summed E-state index contributed by atoms with van der Waals surface area (Å²) >= 11 is 0. The summed E-state index contributed by atoms with van der Waals surface area (Å²) in [5.41, 5.74) is 1.92. The smallest absolute Gasteiger partial charge is 0.226 e. The zero-order chi connectivity index (χ0) is 18.6. The average molecular weight is 371 g/mol. The molecule has 4 rings (SSSR count). The normalized spacial score (nSPS) is 20.3. The molecule has 0 spiro atoms. The standard InChI is InChI=1S/C21H26FN3O2/c22-16-7-3-8-18(13-16)27-12-10-17-14-19(24-23-17)20-9-4-11-25(20)21(26)15-5-1-2-6-15/h3,7-8,13-15,20H,1-2,4-6,9-12H2,(H,23,24)/t20-/m1/s1. The molecule has 1 aromatic heterocycles. The van der Waals surface area contributed by atoms with Crippen LogP contribution in [0.1, 0.15) is 56.0 Å². The minimum absolute atomic E-state index is 0.0900. The number of aromatic nitrogens is 2. The first-order valence-electron chi connectivity index (χ1n) is 9.94. The number of ether oxygens (including phenoxy) is 1. The Morgan fingerprint density at radius 3 is 2.89 bits per heavy atom. The fourth-order valence-electron chi connectivity index (χ4n) is 4.26. The van der Waals surface area contributed by atoms with Crippen LogP contribution in [0.2, 0.25) is 0 Å². The number of hydrogen-bond acceptors (Lipinski definition) is 3. The molecule has 0 unspecified atom stereocenters. The largest absolute Gasteiger partial charge is 0.493 e. The summed E-state index contributed by atoms with van der Waals surface area (Å²) in [5, 5.41) is 7.53. The molecule has 2 fully saturated rings. The van der Waals surface area contributed by atoms with Crippen LogP contribution in [0, 0.1) is 11.7 Å². The van der Waals surface area contributed by atoms with E-state index >= 15 is 0 Å². The minimum atomic E-state index is -0.301. The van der Waals surface area contributed by atoms with Crippen molar-refractivity contribution in [3.05, 3.63) is 47.5 Å². The maximum absolute atomic E-state index is 13.2. The van der Waals surface area contributed by atoms with Crippen molar-refractivity contribution >= 4 is 5.91 Å². The van der Waals surface area contributed by atoms with Crippen LogP contribution < -0.4 is 4.74 Å². The summed E-state index contributed by atoms with van der Waals surface area (Å²) in [6.45, 7) is 1.28. The quantitative estimate of drug-likeness (QED) is 0.834. The fourth-order valence-corrected chi connectivity index (χ4v) is 4.26.